The van der Waals surface area contributed by atoms with Crippen LogP contribution in [0.1, 0.15) is 20.7 Å². The van der Waals surface area contributed by atoms with Crippen LogP contribution in [0.15, 0.2) is 94.4 Å². The van der Waals surface area contributed by atoms with E-state index in [0.29, 0.717) is 22.6 Å². The number of hydrogen-bond donors (Lipinski definition) is 2. The van der Waals surface area contributed by atoms with Crippen LogP contribution in [0, 0.1) is 0 Å². The zero-order valence-electron chi connectivity index (χ0n) is 16.7. The zero-order chi connectivity index (χ0) is 21.6. The third-order valence-electron chi connectivity index (χ3n) is 4.54. The van der Waals surface area contributed by atoms with E-state index in [9.17, 15) is 9.59 Å². The summed E-state index contributed by atoms with van der Waals surface area (Å²) in [6, 6.07) is 24.7. The van der Waals surface area contributed by atoms with Crippen LogP contribution < -0.4 is 21.0 Å². The molecule has 0 aliphatic heterocycles. The highest BCUT2D eigenvalue weighted by molar-refractivity contribution is 6.05. The Hall–Kier alpha value is -4.39. The minimum Gasteiger partial charge on any atom is -0.496 e. The van der Waals surface area contributed by atoms with Crippen molar-refractivity contribution in [2.75, 3.05) is 12.4 Å². The molecule has 0 aliphatic carbocycles. The monoisotopic (exact) mass is 413 g/mol. The Labute approximate surface area is 178 Å². The van der Waals surface area contributed by atoms with Crippen molar-refractivity contribution in [1.29, 1.82) is 0 Å². The van der Waals surface area contributed by atoms with Gasteiger partial charge in [0.1, 0.15) is 16.9 Å². The summed E-state index contributed by atoms with van der Waals surface area (Å²) >= 11 is 0. The molecule has 7 heteroatoms. The average Bonchev–Trinajstić information content (AvgIpc) is 2.82. The summed E-state index contributed by atoms with van der Waals surface area (Å²) in [4.78, 5) is 25.5. The number of methoxy groups -OCH3 is 1. The maximum atomic E-state index is 12.9. The summed E-state index contributed by atoms with van der Waals surface area (Å²) in [7, 11) is 1.48. The summed E-state index contributed by atoms with van der Waals surface area (Å²) in [6.07, 6.45) is 0. The number of ether oxygens (including phenoxy) is 1. The van der Waals surface area contributed by atoms with Crippen molar-refractivity contribution in [2.24, 2.45) is 5.10 Å². The number of para-hydroxylation sites is 3. The molecule has 0 aliphatic rings. The molecular formula is C24H19N3O4. The Morgan fingerprint density at radius 2 is 1.55 bits per heavy atom. The van der Waals surface area contributed by atoms with Gasteiger partial charge in [-0.2, -0.15) is 0 Å². The van der Waals surface area contributed by atoms with E-state index in [1.807, 2.05) is 36.4 Å². The molecule has 1 aromatic heterocycles. The molecular weight excluding hydrogens is 394 g/mol. The van der Waals surface area contributed by atoms with E-state index in [2.05, 4.69) is 15.8 Å². The SMILES string of the molecule is COc1ccccc1C(=O)NN=c1oc2ccccc2cc1C(=O)Nc1ccccc1. The molecule has 0 spiro atoms. The molecule has 4 rings (SSSR count). The van der Waals surface area contributed by atoms with Crippen LogP contribution >= 0.6 is 0 Å². The van der Waals surface area contributed by atoms with Crippen LogP contribution in [0.5, 0.6) is 5.75 Å². The number of benzene rings is 3. The van der Waals surface area contributed by atoms with Gasteiger partial charge in [-0.1, -0.05) is 48.5 Å². The molecule has 0 saturated heterocycles. The van der Waals surface area contributed by atoms with Gasteiger partial charge in [0.25, 0.3) is 11.8 Å². The highest BCUT2D eigenvalue weighted by Crippen LogP contribution is 2.17. The summed E-state index contributed by atoms with van der Waals surface area (Å²) < 4.78 is 11.0. The molecule has 0 radical (unpaired) electrons. The van der Waals surface area contributed by atoms with Crippen molar-refractivity contribution in [2.45, 2.75) is 0 Å². The number of carbonyl (C=O) groups is 2. The Kier molecular flexibility index (Phi) is 5.75. The van der Waals surface area contributed by atoms with E-state index in [-0.39, 0.29) is 11.1 Å². The van der Waals surface area contributed by atoms with Crippen molar-refractivity contribution in [3.8, 4) is 5.75 Å². The average molecular weight is 413 g/mol. The van der Waals surface area contributed by atoms with Crippen molar-refractivity contribution in [1.82, 2.24) is 5.43 Å². The van der Waals surface area contributed by atoms with Crippen LogP contribution in [-0.2, 0) is 0 Å². The predicted octanol–water partition coefficient (Wildman–Crippen LogP) is 3.94. The molecule has 2 N–H and O–H groups in total. The van der Waals surface area contributed by atoms with E-state index in [0.717, 1.165) is 5.39 Å². The summed E-state index contributed by atoms with van der Waals surface area (Å²) in [5.41, 5.74) is 4.08. The molecule has 0 bridgehead atoms. The third-order valence-corrected chi connectivity index (χ3v) is 4.54. The Morgan fingerprint density at radius 1 is 0.839 bits per heavy atom. The van der Waals surface area contributed by atoms with Gasteiger partial charge in [-0.05, 0) is 36.4 Å². The first kappa shape index (κ1) is 19.9. The predicted molar refractivity (Wildman–Crippen MR) is 117 cm³/mol. The lowest BCUT2D eigenvalue weighted by atomic mass is 10.1. The molecule has 7 nitrogen and oxygen atoms in total. The molecule has 0 saturated carbocycles. The van der Waals surface area contributed by atoms with Gasteiger partial charge >= 0.3 is 0 Å². The number of anilines is 1. The maximum absolute atomic E-state index is 12.9. The first-order valence-corrected chi connectivity index (χ1v) is 9.52. The Morgan fingerprint density at radius 3 is 2.35 bits per heavy atom. The lowest BCUT2D eigenvalue weighted by Gasteiger charge is -2.08. The molecule has 154 valence electrons. The number of fused-ring (bicyclic) bond motifs is 1. The minimum absolute atomic E-state index is 0.0182. The van der Waals surface area contributed by atoms with Gasteiger partial charge in [0.15, 0.2) is 0 Å². The summed E-state index contributed by atoms with van der Waals surface area (Å²) in [6.45, 7) is 0. The number of nitrogens with one attached hydrogen (secondary N) is 2. The van der Waals surface area contributed by atoms with Gasteiger partial charge in [0.2, 0.25) is 5.55 Å². The van der Waals surface area contributed by atoms with Crippen LogP contribution in [-0.4, -0.2) is 18.9 Å². The minimum atomic E-state index is -0.491. The Bertz CT molecular complexity index is 1310. The first-order valence-electron chi connectivity index (χ1n) is 9.52. The van der Waals surface area contributed by atoms with Gasteiger partial charge < -0.3 is 14.5 Å². The maximum Gasteiger partial charge on any atom is 0.275 e. The number of rotatable bonds is 5. The van der Waals surface area contributed by atoms with Crippen molar-refractivity contribution in [3.63, 3.8) is 0 Å². The molecule has 2 amide bonds. The Balaban J connectivity index is 1.72. The van der Waals surface area contributed by atoms with Gasteiger partial charge in [0, 0.05) is 11.1 Å². The zero-order valence-corrected chi connectivity index (χ0v) is 16.7. The largest absolute Gasteiger partial charge is 0.496 e. The van der Waals surface area contributed by atoms with Crippen LogP contribution in [0.3, 0.4) is 0 Å². The van der Waals surface area contributed by atoms with Gasteiger partial charge in [-0.15, -0.1) is 5.10 Å². The van der Waals surface area contributed by atoms with E-state index in [4.69, 9.17) is 9.15 Å². The fourth-order valence-corrected chi connectivity index (χ4v) is 3.03. The van der Waals surface area contributed by atoms with Crippen molar-refractivity contribution < 1.29 is 18.7 Å². The standard InChI is InChI=1S/C24H19N3O4/c1-30-21-14-8-6-12-18(21)23(29)26-27-24-19(15-16-9-5-7-13-20(16)31-24)22(28)25-17-10-3-2-4-11-17/h2-15H,1H3,(H,25,28)(H,26,29). The lowest BCUT2D eigenvalue weighted by molar-refractivity contribution is 0.0945. The molecule has 3 aromatic carbocycles. The molecule has 1 heterocycles. The third kappa shape index (κ3) is 4.45. The highest BCUT2D eigenvalue weighted by Gasteiger charge is 2.15. The lowest BCUT2D eigenvalue weighted by Crippen LogP contribution is -2.27. The number of amides is 2. The quantitative estimate of drug-likeness (QED) is 0.485. The molecule has 0 atom stereocenters. The number of hydrogen-bond acceptors (Lipinski definition) is 5. The van der Waals surface area contributed by atoms with E-state index < -0.39 is 11.8 Å². The first-order chi connectivity index (χ1) is 15.2. The van der Waals surface area contributed by atoms with E-state index in [1.165, 1.54) is 7.11 Å². The van der Waals surface area contributed by atoms with Crippen LogP contribution in [0.4, 0.5) is 5.69 Å². The molecule has 0 unspecified atom stereocenters. The highest BCUT2D eigenvalue weighted by atomic mass is 16.5. The fraction of sp³-hybridized carbons (Fsp3) is 0.0417. The smallest absolute Gasteiger partial charge is 0.275 e. The summed E-state index contributed by atoms with van der Waals surface area (Å²) in [5, 5.41) is 7.63. The normalized spacial score (nSPS) is 11.2. The van der Waals surface area contributed by atoms with E-state index in [1.54, 1.807) is 48.5 Å². The van der Waals surface area contributed by atoms with Gasteiger partial charge in [-0.3, -0.25) is 9.59 Å². The summed E-state index contributed by atoms with van der Waals surface area (Å²) in [5.74, 6) is -0.492. The molecule has 31 heavy (non-hydrogen) atoms. The second-order valence-electron chi connectivity index (χ2n) is 6.58. The van der Waals surface area contributed by atoms with E-state index >= 15 is 0 Å². The number of carbonyl (C=O) groups excluding carboxylic acids is 2. The second-order valence-corrected chi connectivity index (χ2v) is 6.58. The van der Waals surface area contributed by atoms with Crippen molar-refractivity contribution >= 4 is 28.5 Å². The van der Waals surface area contributed by atoms with Gasteiger partial charge in [-0.25, -0.2) is 5.43 Å². The molecule has 4 aromatic rings. The van der Waals surface area contributed by atoms with Gasteiger partial charge in [0.05, 0.1) is 12.7 Å². The molecule has 0 fully saturated rings. The van der Waals surface area contributed by atoms with Crippen LogP contribution in [0.25, 0.3) is 11.0 Å². The fourth-order valence-electron chi connectivity index (χ4n) is 3.03. The number of nitrogens with zero attached hydrogens (tertiary/aromatic N) is 1. The van der Waals surface area contributed by atoms with Crippen LogP contribution in [0.2, 0.25) is 0 Å². The topological polar surface area (TPSA) is 92.9 Å². The second kappa shape index (κ2) is 8.96. The van der Waals surface area contributed by atoms with Crippen molar-refractivity contribution in [3.05, 3.63) is 102 Å².